The number of carboxylic acid groups (broad SMARTS) is 4. The van der Waals surface area contributed by atoms with Gasteiger partial charge in [0.1, 0.15) is 0 Å². The fraction of sp³-hybridized carbons (Fsp3) is 0. The summed E-state index contributed by atoms with van der Waals surface area (Å²) in [5.41, 5.74) is 0. The third-order valence-corrected chi connectivity index (χ3v) is 0. The SMILES string of the molecule is O=C([O-])[O-].O=C([O-])[O-].[Mo+4]. The molecule has 0 aromatic heterocycles. The molecule has 0 aromatic carbocycles. The second kappa shape index (κ2) is 10.3. The van der Waals surface area contributed by atoms with Gasteiger partial charge in [0.15, 0.2) is 0 Å². The Labute approximate surface area is 64.0 Å². The van der Waals surface area contributed by atoms with Crippen LogP contribution in [0.4, 0.5) is 9.59 Å². The zero-order valence-corrected chi connectivity index (χ0v) is 5.86. The molecule has 0 saturated carbocycles. The predicted molar refractivity (Wildman–Crippen MR) is 10.8 cm³/mol. The second-order valence-electron chi connectivity index (χ2n) is 0.500. The predicted octanol–water partition coefficient (Wildman–Crippen LogP) is -4.90. The fourth-order valence-electron chi connectivity index (χ4n) is 0. The van der Waals surface area contributed by atoms with Gasteiger partial charge in [-0.25, -0.2) is 0 Å². The zero-order chi connectivity index (χ0) is 7.15. The first-order chi connectivity index (χ1) is 3.46. The number of hydrogen-bond acceptors (Lipinski definition) is 6. The summed E-state index contributed by atoms with van der Waals surface area (Å²) in [6.07, 6.45) is -4.67. The normalized spacial score (nSPS) is 5.33. The van der Waals surface area contributed by atoms with Gasteiger partial charge in [0.05, 0.1) is 0 Å². The van der Waals surface area contributed by atoms with E-state index in [1.54, 1.807) is 0 Å². The first kappa shape index (κ1) is 15.7. The summed E-state index contributed by atoms with van der Waals surface area (Å²) in [6.45, 7) is 0. The Morgan fingerprint density at radius 3 is 0.778 bits per heavy atom. The van der Waals surface area contributed by atoms with E-state index >= 15 is 0 Å². The molecule has 0 unspecified atom stereocenters. The minimum Gasteiger partial charge on any atom is -0.652 e. The first-order valence-electron chi connectivity index (χ1n) is 1.22. The summed E-state index contributed by atoms with van der Waals surface area (Å²) in [4.78, 5) is 16.7. The third kappa shape index (κ3) is 332. The van der Waals surface area contributed by atoms with Gasteiger partial charge in [0, 0.05) is 0 Å². The van der Waals surface area contributed by atoms with Crippen molar-refractivity contribution in [2.24, 2.45) is 0 Å². The van der Waals surface area contributed by atoms with Crippen molar-refractivity contribution in [2.75, 3.05) is 0 Å². The van der Waals surface area contributed by atoms with Crippen LogP contribution in [0.2, 0.25) is 0 Å². The van der Waals surface area contributed by atoms with Crippen molar-refractivity contribution in [3.63, 3.8) is 0 Å². The van der Waals surface area contributed by atoms with Crippen molar-refractivity contribution in [1.82, 2.24) is 0 Å². The quantitative estimate of drug-likeness (QED) is 0.373. The molecule has 0 aliphatic rings. The van der Waals surface area contributed by atoms with E-state index in [0.29, 0.717) is 0 Å². The molecule has 0 spiro atoms. The van der Waals surface area contributed by atoms with Crippen LogP contribution in [-0.2, 0) is 21.1 Å². The maximum atomic E-state index is 8.33. The van der Waals surface area contributed by atoms with Crippen LogP contribution in [0.15, 0.2) is 0 Å². The van der Waals surface area contributed by atoms with Gasteiger partial charge in [0.25, 0.3) is 0 Å². The largest absolute Gasteiger partial charge is 4.00 e. The molecule has 0 aliphatic heterocycles. The molecule has 0 aromatic rings. The summed E-state index contributed by atoms with van der Waals surface area (Å²) in [5.74, 6) is 0. The topological polar surface area (TPSA) is 126 Å². The summed E-state index contributed by atoms with van der Waals surface area (Å²) in [7, 11) is 0. The van der Waals surface area contributed by atoms with Crippen LogP contribution in [0.1, 0.15) is 0 Å². The molecule has 0 radical (unpaired) electrons. The minimum absolute atomic E-state index is 0. The van der Waals surface area contributed by atoms with E-state index in [2.05, 4.69) is 0 Å². The van der Waals surface area contributed by atoms with Crippen molar-refractivity contribution in [3.8, 4) is 0 Å². The monoisotopic (exact) mass is 218 g/mol. The number of rotatable bonds is 0. The van der Waals surface area contributed by atoms with E-state index in [-0.39, 0.29) is 21.1 Å². The molecule has 0 atom stereocenters. The Morgan fingerprint density at radius 1 is 0.778 bits per heavy atom. The van der Waals surface area contributed by atoms with E-state index in [1.807, 2.05) is 0 Å². The van der Waals surface area contributed by atoms with Crippen molar-refractivity contribution < 1.29 is 51.1 Å². The third-order valence-electron chi connectivity index (χ3n) is 0. The molecule has 50 valence electrons. The zero-order valence-electron chi connectivity index (χ0n) is 3.86. The molecule has 0 amide bonds. The van der Waals surface area contributed by atoms with E-state index < -0.39 is 12.3 Å². The van der Waals surface area contributed by atoms with Gasteiger partial charge < -0.3 is 30.0 Å². The van der Waals surface area contributed by atoms with Crippen LogP contribution in [0, 0.1) is 0 Å². The van der Waals surface area contributed by atoms with Gasteiger partial charge in [-0.05, 0) is 12.3 Å². The maximum Gasteiger partial charge on any atom is 4.00 e. The number of carbonyl (C=O) groups excluding carboxylic acids is 2. The molecule has 0 saturated heterocycles. The Bertz CT molecular complexity index is 69.1. The molecular formula is C2MoO6. The number of carbonyl (C=O) groups is 2. The van der Waals surface area contributed by atoms with Gasteiger partial charge in [0.2, 0.25) is 0 Å². The smallest absolute Gasteiger partial charge is 0.652 e. The van der Waals surface area contributed by atoms with Crippen molar-refractivity contribution in [3.05, 3.63) is 0 Å². The van der Waals surface area contributed by atoms with Crippen molar-refractivity contribution in [2.45, 2.75) is 0 Å². The Balaban J connectivity index is -0.0000000720. The van der Waals surface area contributed by atoms with E-state index in [1.165, 1.54) is 0 Å². The molecule has 0 rings (SSSR count). The van der Waals surface area contributed by atoms with Gasteiger partial charge in [-0.15, -0.1) is 0 Å². The average molecular weight is 216 g/mol. The maximum absolute atomic E-state index is 8.33. The van der Waals surface area contributed by atoms with Crippen LogP contribution in [0.25, 0.3) is 0 Å². The number of hydrogen-bond donors (Lipinski definition) is 0. The van der Waals surface area contributed by atoms with E-state index in [9.17, 15) is 0 Å². The molecule has 0 fully saturated rings. The summed E-state index contributed by atoms with van der Waals surface area (Å²) < 4.78 is 0. The van der Waals surface area contributed by atoms with Gasteiger partial charge in [-0.1, -0.05) is 0 Å². The molecular weight excluding hydrogens is 216 g/mol. The average Bonchev–Trinajstić information content (AvgIpc) is 1.25. The molecule has 9 heavy (non-hydrogen) atoms. The summed E-state index contributed by atoms with van der Waals surface area (Å²) in [5, 5.41) is 33.3. The van der Waals surface area contributed by atoms with E-state index in [0.717, 1.165) is 0 Å². The van der Waals surface area contributed by atoms with Crippen LogP contribution in [-0.4, -0.2) is 12.3 Å². The van der Waals surface area contributed by atoms with Crippen molar-refractivity contribution in [1.29, 1.82) is 0 Å². The molecule has 0 aliphatic carbocycles. The molecule has 0 heterocycles. The van der Waals surface area contributed by atoms with Crippen LogP contribution in [0.5, 0.6) is 0 Å². The van der Waals surface area contributed by atoms with Crippen LogP contribution >= 0.6 is 0 Å². The van der Waals surface area contributed by atoms with Gasteiger partial charge >= 0.3 is 21.1 Å². The molecule has 0 N–H and O–H groups in total. The Kier molecular flexibility index (Phi) is 17.9. The second-order valence-corrected chi connectivity index (χ2v) is 0.500. The van der Waals surface area contributed by atoms with Gasteiger partial charge in [-0.3, -0.25) is 0 Å². The Morgan fingerprint density at radius 2 is 0.778 bits per heavy atom. The minimum atomic E-state index is -2.33. The molecule has 7 heteroatoms. The van der Waals surface area contributed by atoms with Gasteiger partial charge in [-0.2, -0.15) is 0 Å². The van der Waals surface area contributed by atoms with Crippen LogP contribution < -0.4 is 20.4 Å². The summed E-state index contributed by atoms with van der Waals surface area (Å²) >= 11 is 0. The van der Waals surface area contributed by atoms with Crippen LogP contribution in [0.3, 0.4) is 0 Å². The van der Waals surface area contributed by atoms with Crippen molar-refractivity contribution >= 4 is 12.3 Å². The molecule has 0 bridgehead atoms. The Hall–Kier alpha value is -0.772. The summed E-state index contributed by atoms with van der Waals surface area (Å²) in [6, 6.07) is 0. The fourth-order valence-corrected chi connectivity index (χ4v) is 0. The van der Waals surface area contributed by atoms with E-state index in [4.69, 9.17) is 30.0 Å². The molecule has 6 nitrogen and oxygen atoms in total. The standard InChI is InChI=1S/2CH2O3.Mo/c2*2-1(3)4;/h2*(H2,2,3,4);/q;;+4/p-4. The first-order valence-corrected chi connectivity index (χ1v) is 1.22.